The number of ether oxygens (including phenoxy) is 1. The highest BCUT2D eigenvalue weighted by Gasteiger charge is 2.24. The minimum Gasteiger partial charge on any atom is -0.373 e. The van der Waals surface area contributed by atoms with Gasteiger partial charge in [0.25, 0.3) is 0 Å². The molecular formula is C29H35N11O. The molecule has 7 heterocycles. The van der Waals surface area contributed by atoms with Gasteiger partial charge in [0.1, 0.15) is 35.6 Å². The zero-order valence-corrected chi connectivity index (χ0v) is 22.0. The Morgan fingerprint density at radius 3 is 2.24 bits per heavy atom. The maximum absolute atomic E-state index is 6.00. The number of hydrogen-bond acceptors (Lipinski definition) is 10. The van der Waals surface area contributed by atoms with Gasteiger partial charge in [-0.05, 0) is 18.6 Å². The molecule has 2 aliphatic rings. The number of fused-ring (bicyclic) bond motifs is 6. The van der Waals surface area contributed by atoms with Crippen LogP contribution in [0, 0.1) is 0 Å². The van der Waals surface area contributed by atoms with E-state index in [9.17, 15) is 0 Å². The van der Waals surface area contributed by atoms with Crippen molar-refractivity contribution in [3.05, 3.63) is 55.4 Å². The molecule has 12 heteroatoms. The van der Waals surface area contributed by atoms with Crippen molar-refractivity contribution in [2.24, 2.45) is 11.5 Å². The van der Waals surface area contributed by atoms with Gasteiger partial charge in [-0.1, -0.05) is 25.6 Å². The highest BCUT2D eigenvalue weighted by molar-refractivity contribution is 6.11. The van der Waals surface area contributed by atoms with Crippen molar-refractivity contribution in [2.45, 2.75) is 26.0 Å². The standard InChI is InChI=1S/C14H16N6O.C14H15N5.CH4/c15-5-9-7-20(3-4-21-9)14-12-10-6-16-2-1-11(10)19-13(12)17-8-18-14;15-9-5-6-19(7-9)14-12-10-3-1-2-4-11(10)18-13(12)16-8-17-14;/h1-2,6,8-9H,3-5,7,15H2,(H,17,18,19);1-4,8-9H,5-7,15H2,(H,16,17,18);1H4/t;9-;/m.1./s1. The van der Waals surface area contributed by atoms with Crippen LogP contribution in [-0.4, -0.2) is 86.4 Å². The number of para-hydroxylation sites is 1. The number of rotatable bonds is 3. The molecule has 8 rings (SSSR count). The molecule has 6 N–H and O–H groups in total. The number of morpholine rings is 1. The van der Waals surface area contributed by atoms with Gasteiger partial charge in [-0.15, -0.1) is 0 Å². The Morgan fingerprint density at radius 1 is 0.854 bits per heavy atom. The summed E-state index contributed by atoms with van der Waals surface area (Å²) >= 11 is 0. The van der Waals surface area contributed by atoms with Crippen LogP contribution >= 0.6 is 0 Å². The molecule has 1 unspecified atom stereocenters. The van der Waals surface area contributed by atoms with Crippen molar-refractivity contribution < 1.29 is 4.74 Å². The van der Waals surface area contributed by atoms with Crippen LogP contribution in [0.2, 0.25) is 0 Å². The number of benzene rings is 1. The van der Waals surface area contributed by atoms with Crippen molar-refractivity contribution in [3.63, 3.8) is 0 Å². The number of nitrogens with two attached hydrogens (primary N) is 2. The molecule has 2 atom stereocenters. The van der Waals surface area contributed by atoms with E-state index in [0.717, 1.165) is 82.7 Å². The topological polar surface area (TPSA) is 164 Å². The van der Waals surface area contributed by atoms with Crippen molar-refractivity contribution in [1.82, 2.24) is 34.9 Å². The normalized spacial score (nSPS) is 19.1. The quantitative estimate of drug-likeness (QED) is 0.256. The second kappa shape index (κ2) is 11.2. The van der Waals surface area contributed by atoms with Crippen molar-refractivity contribution >= 4 is 55.5 Å². The third kappa shape index (κ3) is 4.90. The third-order valence-corrected chi connectivity index (χ3v) is 7.67. The molecule has 2 saturated heterocycles. The summed E-state index contributed by atoms with van der Waals surface area (Å²) in [6.07, 6.45) is 7.90. The van der Waals surface area contributed by atoms with E-state index in [1.54, 1.807) is 18.9 Å². The van der Waals surface area contributed by atoms with E-state index in [0.29, 0.717) is 13.2 Å². The third-order valence-electron chi connectivity index (χ3n) is 7.67. The second-order valence-corrected chi connectivity index (χ2v) is 10.2. The lowest BCUT2D eigenvalue weighted by molar-refractivity contribution is 0.0464. The first kappa shape index (κ1) is 26.8. The molecule has 5 aromatic heterocycles. The number of hydrogen-bond donors (Lipinski definition) is 4. The number of pyridine rings is 1. The average Bonchev–Trinajstić information content (AvgIpc) is 3.72. The van der Waals surface area contributed by atoms with Gasteiger partial charge in [0.2, 0.25) is 0 Å². The van der Waals surface area contributed by atoms with E-state index in [1.807, 2.05) is 24.4 Å². The molecule has 0 bridgehead atoms. The molecule has 0 aliphatic carbocycles. The Bertz CT molecular complexity index is 1800. The fraction of sp³-hybridized carbons (Fsp3) is 0.345. The Labute approximate surface area is 237 Å². The largest absolute Gasteiger partial charge is 0.373 e. The van der Waals surface area contributed by atoms with Crippen molar-refractivity contribution in [2.75, 3.05) is 49.1 Å². The highest BCUT2D eigenvalue weighted by atomic mass is 16.5. The van der Waals surface area contributed by atoms with Crippen LogP contribution in [0.25, 0.3) is 43.9 Å². The molecule has 41 heavy (non-hydrogen) atoms. The monoisotopic (exact) mass is 553 g/mol. The minimum absolute atomic E-state index is 0. The fourth-order valence-corrected chi connectivity index (χ4v) is 5.72. The van der Waals surface area contributed by atoms with Gasteiger partial charge < -0.3 is 36.0 Å². The average molecular weight is 554 g/mol. The van der Waals surface area contributed by atoms with E-state index >= 15 is 0 Å². The van der Waals surface area contributed by atoms with Gasteiger partial charge in [-0.3, -0.25) is 4.98 Å². The fourth-order valence-electron chi connectivity index (χ4n) is 5.72. The smallest absolute Gasteiger partial charge is 0.144 e. The summed E-state index contributed by atoms with van der Waals surface area (Å²) in [5.74, 6) is 1.91. The van der Waals surface area contributed by atoms with Gasteiger partial charge in [0, 0.05) is 67.4 Å². The first-order valence-electron chi connectivity index (χ1n) is 13.5. The number of aromatic nitrogens is 7. The molecule has 6 aromatic rings. The molecule has 0 radical (unpaired) electrons. The van der Waals surface area contributed by atoms with Crippen LogP contribution in [0.3, 0.4) is 0 Å². The Morgan fingerprint density at radius 2 is 1.54 bits per heavy atom. The lowest BCUT2D eigenvalue weighted by Gasteiger charge is -2.33. The lowest BCUT2D eigenvalue weighted by Crippen LogP contribution is -2.46. The second-order valence-electron chi connectivity index (χ2n) is 10.2. The van der Waals surface area contributed by atoms with E-state index in [-0.39, 0.29) is 19.6 Å². The molecule has 0 amide bonds. The van der Waals surface area contributed by atoms with Crippen LogP contribution in [0.4, 0.5) is 11.6 Å². The number of nitrogens with zero attached hydrogens (tertiary/aromatic N) is 7. The van der Waals surface area contributed by atoms with Crippen LogP contribution in [0.5, 0.6) is 0 Å². The predicted molar refractivity (Wildman–Crippen MR) is 163 cm³/mol. The van der Waals surface area contributed by atoms with Crippen molar-refractivity contribution in [1.29, 1.82) is 0 Å². The summed E-state index contributed by atoms with van der Waals surface area (Å²) < 4.78 is 5.63. The summed E-state index contributed by atoms with van der Waals surface area (Å²) in [4.78, 5) is 33.0. The molecule has 12 nitrogen and oxygen atoms in total. The Kier molecular flexibility index (Phi) is 7.35. The predicted octanol–water partition coefficient (Wildman–Crippen LogP) is 2.95. The van der Waals surface area contributed by atoms with Gasteiger partial charge >= 0.3 is 0 Å². The van der Waals surface area contributed by atoms with Gasteiger partial charge in [0.05, 0.1) is 29.0 Å². The number of anilines is 2. The van der Waals surface area contributed by atoms with Gasteiger partial charge in [-0.2, -0.15) is 0 Å². The maximum atomic E-state index is 6.00. The molecule has 0 spiro atoms. The molecule has 212 valence electrons. The number of H-pyrrole nitrogens is 2. The number of aromatic amines is 2. The summed E-state index contributed by atoms with van der Waals surface area (Å²) in [6.45, 7) is 4.55. The molecule has 1 aromatic carbocycles. The minimum atomic E-state index is 0. The number of nitrogens with one attached hydrogen (secondary N) is 2. The Hall–Kier alpha value is -4.39. The van der Waals surface area contributed by atoms with E-state index in [4.69, 9.17) is 16.2 Å². The first-order chi connectivity index (χ1) is 19.7. The zero-order valence-electron chi connectivity index (χ0n) is 22.0. The van der Waals surface area contributed by atoms with Gasteiger partial charge in [-0.25, -0.2) is 19.9 Å². The maximum Gasteiger partial charge on any atom is 0.144 e. The van der Waals surface area contributed by atoms with Crippen molar-refractivity contribution in [3.8, 4) is 0 Å². The van der Waals surface area contributed by atoms with Crippen LogP contribution < -0.4 is 21.3 Å². The van der Waals surface area contributed by atoms with E-state index in [1.165, 1.54) is 5.39 Å². The summed E-state index contributed by atoms with van der Waals surface area (Å²) in [6, 6.07) is 10.4. The summed E-state index contributed by atoms with van der Waals surface area (Å²) in [7, 11) is 0. The summed E-state index contributed by atoms with van der Waals surface area (Å²) in [5, 5.41) is 4.33. The van der Waals surface area contributed by atoms with E-state index < -0.39 is 0 Å². The Balaban J connectivity index is 0.000000145. The first-order valence-corrected chi connectivity index (χ1v) is 13.5. The van der Waals surface area contributed by atoms with Gasteiger partial charge in [0.15, 0.2) is 0 Å². The molecule has 0 saturated carbocycles. The SMILES string of the molecule is C.NCC1CN(c2ncnc3[nH]c4ccncc4c23)CCO1.N[C@@H]1CCN(c2ncnc3[nH]c4ccccc4c23)C1. The zero-order chi connectivity index (χ0) is 27.1. The molecule has 2 fully saturated rings. The van der Waals surface area contributed by atoms with Crippen LogP contribution in [-0.2, 0) is 4.74 Å². The van der Waals surface area contributed by atoms with Crippen LogP contribution in [0.1, 0.15) is 13.8 Å². The lowest BCUT2D eigenvalue weighted by atomic mass is 10.2. The molecule has 2 aliphatic heterocycles. The summed E-state index contributed by atoms with van der Waals surface area (Å²) in [5.41, 5.74) is 15.6. The molecular weight excluding hydrogens is 518 g/mol. The van der Waals surface area contributed by atoms with Crippen LogP contribution in [0.15, 0.2) is 55.4 Å². The highest BCUT2D eigenvalue weighted by Crippen LogP contribution is 2.33. The van der Waals surface area contributed by atoms with E-state index in [2.05, 4.69) is 56.8 Å².